The van der Waals surface area contributed by atoms with Crippen LogP contribution >= 0.6 is 0 Å². The molecule has 2 rings (SSSR count). The van der Waals surface area contributed by atoms with Gasteiger partial charge in [0.05, 0.1) is 10.6 Å². The Kier molecular flexibility index (Phi) is 5.20. The largest absolute Gasteiger partial charge is 0.254 e. The molecule has 0 saturated carbocycles. The molecular weight excluding hydrogens is 336 g/mol. The van der Waals surface area contributed by atoms with Crippen LogP contribution < -0.4 is 4.83 Å². The lowest BCUT2D eigenvalue weighted by Crippen LogP contribution is -2.43. The second kappa shape index (κ2) is 6.79. The molecular formula is C15H18N2O4S2. The Balaban J connectivity index is 2.16. The third-order valence-corrected chi connectivity index (χ3v) is 6.34. The Morgan fingerprint density at radius 2 is 1.48 bits per heavy atom. The summed E-state index contributed by atoms with van der Waals surface area (Å²) in [6.07, 6.45) is 0. The minimum atomic E-state index is -3.95. The normalized spacial score (nSPS) is 12.5. The summed E-state index contributed by atoms with van der Waals surface area (Å²) < 4.78 is 49.6. The molecule has 0 spiro atoms. The maximum absolute atomic E-state index is 12.3. The highest BCUT2D eigenvalue weighted by Gasteiger charge is 2.24. The molecule has 1 N–H and O–H groups in total. The van der Waals surface area contributed by atoms with E-state index in [0.717, 1.165) is 5.56 Å². The van der Waals surface area contributed by atoms with Gasteiger partial charge in [-0.1, -0.05) is 48.0 Å². The first-order chi connectivity index (χ1) is 10.7. The Morgan fingerprint density at radius 3 is 2.04 bits per heavy atom. The molecule has 0 saturated heterocycles. The second-order valence-corrected chi connectivity index (χ2v) is 8.78. The number of rotatable bonds is 6. The zero-order valence-electron chi connectivity index (χ0n) is 12.8. The average Bonchev–Trinajstić information content (AvgIpc) is 2.47. The van der Waals surface area contributed by atoms with E-state index >= 15 is 0 Å². The van der Waals surface area contributed by atoms with Gasteiger partial charge in [0.15, 0.2) is 0 Å². The summed E-state index contributed by atoms with van der Waals surface area (Å²) in [6, 6.07) is 14.7. The van der Waals surface area contributed by atoms with Gasteiger partial charge in [0.2, 0.25) is 10.0 Å². The van der Waals surface area contributed by atoms with Crippen molar-refractivity contribution in [3.05, 3.63) is 65.7 Å². The molecule has 0 amide bonds. The van der Waals surface area contributed by atoms with E-state index in [2.05, 4.69) is 4.83 Å². The number of hydrogen-bond donors (Lipinski definition) is 1. The molecule has 124 valence electrons. The zero-order valence-corrected chi connectivity index (χ0v) is 14.4. The topological polar surface area (TPSA) is 83.6 Å². The fourth-order valence-electron chi connectivity index (χ4n) is 1.88. The maximum atomic E-state index is 12.3. The highest BCUT2D eigenvalue weighted by atomic mass is 32.2. The first-order valence-electron chi connectivity index (χ1n) is 6.80. The molecule has 0 aliphatic rings. The van der Waals surface area contributed by atoms with Gasteiger partial charge in [0, 0.05) is 7.05 Å². The SMILES string of the molecule is Cc1ccc(S(=O)(=O)NN(C)S(=O)(=O)Cc2ccccc2)cc1. The number of nitrogens with zero attached hydrogens (tertiary/aromatic N) is 1. The van der Waals surface area contributed by atoms with Gasteiger partial charge >= 0.3 is 0 Å². The van der Waals surface area contributed by atoms with Crippen molar-refractivity contribution in [1.29, 1.82) is 0 Å². The van der Waals surface area contributed by atoms with Crippen LogP contribution in [-0.4, -0.2) is 28.3 Å². The van der Waals surface area contributed by atoms with Gasteiger partial charge in [-0.25, -0.2) is 16.8 Å². The Bertz CT molecular complexity index is 861. The summed E-state index contributed by atoms with van der Waals surface area (Å²) in [5, 5.41) is 0. The molecule has 0 bridgehead atoms. The predicted octanol–water partition coefficient (Wildman–Crippen LogP) is 1.65. The van der Waals surface area contributed by atoms with Crippen molar-refractivity contribution in [2.24, 2.45) is 0 Å². The second-order valence-electron chi connectivity index (χ2n) is 5.12. The van der Waals surface area contributed by atoms with Crippen LogP contribution in [0.2, 0.25) is 0 Å². The molecule has 2 aromatic carbocycles. The highest BCUT2D eigenvalue weighted by molar-refractivity contribution is 7.91. The molecule has 6 nitrogen and oxygen atoms in total. The molecule has 8 heteroatoms. The molecule has 0 radical (unpaired) electrons. The van der Waals surface area contributed by atoms with E-state index in [1.807, 2.05) is 6.92 Å². The van der Waals surface area contributed by atoms with Gasteiger partial charge in [0.25, 0.3) is 10.0 Å². The van der Waals surface area contributed by atoms with Gasteiger partial charge < -0.3 is 0 Å². The van der Waals surface area contributed by atoms with Crippen LogP contribution in [0.3, 0.4) is 0 Å². The summed E-state index contributed by atoms with van der Waals surface area (Å²) in [5.41, 5.74) is 1.49. The lowest BCUT2D eigenvalue weighted by Gasteiger charge is -2.18. The number of nitrogens with one attached hydrogen (secondary N) is 1. The number of sulfonamides is 2. The number of hydrogen-bond acceptors (Lipinski definition) is 4. The lowest BCUT2D eigenvalue weighted by atomic mass is 10.2. The van der Waals surface area contributed by atoms with Crippen LogP contribution in [0.15, 0.2) is 59.5 Å². The van der Waals surface area contributed by atoms with Crippen molar-refractivity contribution in [2.75, 3.05) is 7.05 Å². The van der Waals surface area contributed by atoms with Gasteiger partial charge in [-0.2, -0.15) is 0 Å². The standard InChI is InChI=1S/C15H18N2O4S2/c1-13-8-10-15(11-9-13)23(20,21)16-17(2)22(18,19)12-14-6-4-3-5-7-14/h3-11,16H,12H2,1-2H3. The molecule has 0 fully saturated rings. The fraction of sp³-hybridized carbons (Fsp3) is 0.200. The van der Waals surface area contributed by atoms with E-state index < -0.39 is 20.0 Å². The number of benzene rings is 2. The molecule has 0 unspecified atom stereocenters. The lowest BCUT2D eigenvalue weighted by molar-refractivity contribution is 0.431. The third kappa shape index (κ3) is 4.61. The average molecular weight is 354 g/mol. The van der Waals surface area contributed by atoms with Gasteiger partial charge in [-0.05, 0) is 24.6 Å². The summed E-state index contributed by atoms with van der Waals surface area (Å²) in [6.45, 7) is 1.83. The summed E-state index contributed by atoms with van der Waals surface area (Å²) in [7, 11) is -6.60. The Hall–Kier alpha value is -1.74. The van der Waals surface area contributed by atoms with E-state index in [4.69, 9.17) is 0 Å². The molecule has 2 aromatic rings. The molecule has 0 aliphatic carbocycles. The van der Waals surface area contributed by atoms with Crippen LogP contribution in [0, 0.1) is 6.92 Å². The van der Waals surface area contributed by atoms with E-state index in [-0.39, 0.29) is 10.6 Å². The first-order valence-corrected chi connectivity index (χ1v) is 9.89. The van der Waals surface area contributed by atoms with E-state index in [1.54, 1.807) is 42.5 Å². The van der Waals surface area contributed by atoms with Crippen LogP contribution in [0.25, 0.3) is 0 Å². The fourth-order valence-corrected chi connectivity index (χ4v) is 4.37. The zero-order chi connectivity index (χ0) is 17.1. The molecule has 23 heavy (non-hydrogen) atoms. The quantitative estimate of drug-likeness (QED) is 0.800. The third-order valence-electron chi connectivity index (χ3n) is 3.19. The smallest absolute Gasteiger partial charge is 0.211 e. The first kappa shape index (κ1) is 17.6. The van der Waals surface area contributed by atoms with Crippen molar-refractivity contribution in [3.63, 3.8) is 0 Å². The molecule has 0 heterocycles. The van der Waals surface area contributed by atoms with E-state index in [1.165, 1.54) is 19.2 Å². The van der Waals surface area contributed by atoms with Crippen molar-refractivity contribution in [1.82, 2.24) is 9.25 Å². The van der Waals surface area contributed by atoms with Crippen LogP contribution in [-0.2, 0) is 25.8 Å². The van der Waals surface area contributed by atoms with E-state index in [0.29, 0.717) is 9.98 Å². The van der Waals surface area contributed by atoms with Gasteiger partial charge in [-0.15, -0.1) is 9.25 Å². The molecule has 0 aromatic heterocycles. The number of hydrazine groups is 1. The Morgan fingerprint density at radius 1 is 0.913 bits per heavy atom. The van der Waals surface area contributed by atoms with Crippen LogP contribution in [0.1, 0.15) is 11.1 Å². The molecule has 0 aliphatic heterocycles. The predicted molar refractivity (Wildman–Crippen MR) is 88.3 cm³/mol. The monoisotopic (exact) mass is 354 g/mol. The van der Waals surface area contributed by atoms with Gasteiger partial charge in [0.1, 0.15) is 0 Å². The Labute approximate surface area is 136 Å². The van der Waals surface area contributed by atoms with Crippen molar-refractivity contribution in [3.8, 4) is 0 Å². The summed E-state index contributed by atoms with van der Waals surface area (Å²) in [5.74, 6) is -0.291. The summed E-state index contributed by atoms with van der Waals surface area (Å²) in [4.78, 5) is 2.07. The van der Waals surface area contributed by atoms with Crippen molar-refractivity contribution in [2.45, 2.75) is 17.6 Å². The minimum Gasteiger partial charge on any atom is -0.211 e. The summed E-state index contributed by atoms with van der Waals surface area (Å²) >= 11 is 0. The van der Waals surface area contributed by atoms with Crippen LogP contribution in [0.5, 0.6) is 0 Å². The van der Waals surface area contributed by atoms with Crippen LogP contribution in [0.4, 0.5) is 0 Å². The highest BCUT2D eigenvalue weighted by Crippen LogP contribution is 2.13. The maximum Gasteiger partial charge on any atom is 0.254 e. The van der Waals surface area contributed by atoms with E-state index in [9.17, 15) is 16.8 Å². The molecule has 0 atom stereocenters. The van der Waals surface area contributed by atoms with Gasteiger partial charge in [-0.3, -0.25) is 0 Å². The minimum absolute atomic E-state index is 0.00450. The van der Waals surface area contributed by atoms with Crippen molar-refractivity contribution >= 4 is 20.0 Å². The number of aryl methyl sites for hydroxylation is 1. The van der Waals surface area contributed by atoms with Crippen molar-refractivity contribution < 1.29 is 16.8 Å².